The van der Waals surface area contributed by atoms with Crippen LogP contribution in [0.3, 0.4) is 0 Å². The van der Waals surface area contributed by atoms with E-state index in [1.807, 2.05) is 57.2 Å². The molecule has 0 bridgehead atoms. The smallest absolute Gasteiger partial charge is 0.228 e. The molecule has 1 amide bonds. The third-order valence-corrected chi connectivity index (χ3v) is 4.58. The topological polar surface area (TPSA) is 29.1 Å². The van der Waals surface area contributed by atoms with Crippen LogP contribution in [0, 0.1) is 20.8 Å². The average molecular weight is 332 g/mol. The van der Waals surface area contributed by atoms with Crippen LogP contribution in [0.2, 0.25) is 0 Å². The van der Waals surface area contributed by atoms with Crippen LogP contribution in [-0.4, -0.2) is 5.91 Å². The van der Waals surface area contributed by atoms with E-state index < -0.39 is 0 Å². The number of aryl methyl sites for hydroxylation is 3. The highest BCUT2D eigenvalue weighted by molar-refractivity contribution is 9.10. The monoisotopic (exact) mass is 331 g/mol. The standard InChI is InChI=1S/C17H18BrNO/c1-11-6-4-5-7-14(11)10-16(20)19-15-8-12(2)17(18)13(3)9-15/h4-9H,10H2,1-3H3,(H,19,20). The molecular formula is C17H18BrNO. The summed E-state index contributed by atoms with van der Waals surface area (Å²) in [4.78, 5) is 12.1. The summed E-state index contributed by atoms with van der Waals surface area (Å²) >= 11 is 3.53. The van der Waals surface area contributed by atoms with Gasteiger partial charge in [0.25, 0.3) is 0 Å². The molecule has 2 rings (SSSR count). The van der Waals surface area contributed by atoms with Crippen LogP contribution in [0.1, 0.15) is 22.3 Å². The Kier molecular flexibility index (Phi) is 4.61. The molecule has 0 unspecified atom stereocenters. The number of hydrogen-bond donors (Lipinski definition) is 1. The van der Waals surface area contributed by atoms with Crippen molar-refractivity contribution < 1.29 is 4.79 Å². The van der Waals surface area contributed by atoms with E-state index in [4.69, 9.17) is 0 Å². The molecule has 0 atom stereocenters. The highest BCUT2D eigenvalue weighted by Crippen LogP contribution is 2.25. The highest BCUT2D eigenvalue weighted by atomic mass is 79.9. The number of carbonyl (C=O) groups excluding carboxylic acids is 1. The Hall–Kier alpha value is -1.61. The Labute approximate surface area is 128 Å². The van der Waals surface area contributed by atoms with Gasteiger partial charge in [0.05, 0.1) is 6.42 Å². The number of nitrogens with one attached hydrogen (secondary N) is 1. The molecule has 0 aliphatic carbocycles. The summed E-state index contributed by atoms with van der Waals surface area (Å²) in [7, 11) is 0. The van der Waals surface area contributed by atoms with Gasteiger partial charge in [-0.25, -0.2) is 0 Å². The van der Waals surface area contributed by atoms with Crippen LogP contribution in [0.5, 0.6) is 0 Å². The summed E-state index contributed by atoms with van der Waals surface area (Å²) in [6.45, 7) is 6.07. The zero-order chi connectivity index (χ0) is 14.7. The Morgan fingerprint density at radius 1 is 1.05 bits per heavy atom. The van der Waals surface area contributed by atoms with E-state index in [0.717, 1.165) is 32.4 Å². The van der Waals surface area contributed by atoms with Crippen molar-refractivity contribution in [1.29, 1.82) is 0 Å². The Morgan fingerprint density at radius 2 is 1.65 bits per heavy atom. The van der Waals surface area contributed by atoms with Crippen LogP contribution < -0.4 is 5.32 Å². The van der Waals surface area contributed by atoms with Crippen LogP contribution >= 0.6 is 15.9 Å². The number of halogens is 1. The van der Waals surface area contributed by atoms with Gasteiger partial charge in [0.2, 0.25) is 5.91 Å². The first-order valence-corrected chi connectivity index (χ1v) is 7.38. The second-order valence-corrected chi connectivity index (χ2v) is 5.87. The molecule has 3 heteroatoms. The first kappa shape index (κ1) is 14.8. The molecule has 20 heavy (non-hydrogen) atoms. The maximum absolute atomic E-state index is 12.1. The van der Waals surface area contributed by atoms with E-state index in [-0.39, 0.29) is 5.91 Å². The number of benzene rings is 2. The zero-order valence-electron chi connectivity index (χ0n) is 12.0. The van der Waals surface area contributed by atoms with Gasteiger partial charge in [-0.15, -0.1) is 0 Å². The molecule has 104 valence electrons. The third-order valence-electron chi connectivity index (χ3n) is 3.33. The van der Waals surface area contributed by atoms with Gasteiger partial charge in [-0.1, -0.05) is 40.2 Å². The molecule has 2 aromatic carbocycles. The minimum atomic E-state index is 0.0143. The van der Waals surface area contributed by atoms with Gasteiger partial charge in [0.15, 0.2) is 0 Å². The number of anilines is 1. The quantitative estimate of drug-likeness (QED) is 0.877. The third kappa shape index (κ3) is 3.48. The van der Waals surface area contributed by atoms with Crippen LogP contribution in [-0.2, 0) is 11.2 Å². The number of rotatable bonds is 3. The van der Waals surface area contributed by atoms with Crippen molar-refractivity contribution in [2.45, 2.75) is 27.2 Å². The highest BCUT2D eigenvalue weighted by Gasteiger charge is 2.08. The minimum absolute atomic E-state index is 0.0143. The van der Waals surface area contributed by atoms with E-state index >= 15 is 0 Å². The number of carbonyl (C=O) groups is 1. The van der Waals surface area contributed by atoms with Gasteiger partial charge in [0.1, 0.15) is 0 Å². The van der Waals surface area contributed by atoms with E-state index in [2.05, 4.69) is 21.2 Å². The largest absolute Gasteiger partial charge is 0.326 e. The molecular weight excluding hydrogens is 314 g/mol. The number of amides is 1. The molecule has 0 spiro atoms. The second kappa shape index (κ2) is 6.23. The summed E-state index contributed by atoms with van der Waals surface area (Å²) in [5.41, 5.74) is 5.30. The van der Waals surface area contributed by atoms with E-state index in [9.17, 15) is 4.79 Å². The van der Waals surface area contributed by atoms with E-state index in [1.54, 1.807) is 0 Å². The van der Waals surface area contributed by atoms with Gasteiger partial charge >= 0.3 is 0 Å². The van der Waals surface area contributed by atoms with Crippen molar-refractivity contribution in [2.24, 2.45) is 0 Å². The molecule has 2 nitrogen and oxygen atoms in total. The fraction of sp³-hybridized carbons (Fsp3) is 0.235. The molecule has 0 heterocycles. The fourth-order valence-electron chi connectivity index (χ4n) is 2.20. The molecule has 0 aromatic heterocycles. The second-order valence-electron chi connectivity index (χ2n) is 5.08. The van der Waals surface area contributed by atoms with Gasteiger partial charge in [-0.2, -0.15) is 0 Å². The number of hydrogen-bond acceptors (Lipinski definition) is 1. The zero-order valence-corrected chi connectivity index (χ0v) is 13.5. The van der Waals surface area contributed by atoms with Crippen molar-refractivity contribution in [2.75, 3.05) is 5.32 Å². The summed E-state index contributed by atoms with van der Waals surface area (Å²) in [5.74, 6) is 0.0143. The molecule has 0 fully saturated rings. The predicted molar refractivity (Wildman–Crippen MR) is 87.1 cm³/mol. The van der Waals surface area contributed by atoms with E-state index in [1.165, 1.54) is 0 Å². The lowest BCUT2D eigenvalue weighted by Crippen LogP contribution is -2.15. The van der Waals surface area contributed by atoms with Gasteiger partial charge in [0, 0.05) is 10.2 Å². The molecule has 0 saturated carbocycles. The maximum atomic E-state index is 12.1. The molecule has 0 aliphatic heterocycles. The molecule has 0 saturated heterocycles. The molecule has 1 N–H and O–H groups in total. The van der Waals surface area contributed by atoms with Gasteiger partial charge in [-0.05, 0) is 55.2 Å². The van der Waals surface area contributed by atoms with E-state index in [0.29, 0.717) is 6.42 Å². The lowest BCUT2D eigenvalue weighted by molar-refractivity contribution is -0.115. The summed E-state index contributed by atoms with van der Waals surface area (Å²) < 4.78 is 1.09. The maximum Gasteiger partial charge on any atom is 0.228 e. The minimum Gasteiger partial charge on any atom is -0.326 e. The summed E-state index contributed by atoms with van der Waals surface area (Å²) in [6, 6.07) is 11.9. The van der Waals surface area contributed by atoms with Crippen molar-refractivity contribution in [3.8, 4) is 0 Å². The van der Waals surface area contributed by atoms with Crippen molar-refractivity contribution in [1.82, 2.24) is 0 Å². The van der Waals surface area contributed by atoms with Crippen molar-refractivity contribution >= 4 is 27.5 Å². The van der Waals surface area contributed by atoms with Crippen molar-refractivity contribution in [3.05, 3.63) is 63.1 Å². The van der Waals surface area contributed by atoms with Gasteiger partial charge < -0.3 is 5.32 Å². The average Bonchev–Trinajstić information content (AvgIpc) is 2.38. The first-order chi connectivity index (χ1) is 9.47. The first-order valence-electron chi connectivity index (χ1n) is 6.58. The Balaban J connectivity index is 2.11. The van der Waals surface area contributed by atoms with Crippen LogP contribution in [0.15, 0.2) is 40.9 Å². The molecule has 2 aromatic rings. The summed E-state index contributed by atoms with van der Waals surface area (Å²) in [6.07, 6.45) is 0.404. The Morgan fingerprint density at radius 3 is 2.25 bits per heavy atom. The lowest BCUT2D eigenvalue weighted by Gasteiger charge is -2.10. The SMILES string of the molecule is Cc1ccccc1CC(=O)Nc1cc(C)c(Br)c(C)c1. The van der Waals surface area contributed by atoms with Gasteiger partial charge in [-0.3, -0.25) is 4.79 Å². The van der Waals surface area contributed by atoms with Crippen LogP contribution in [0.4, 0.5) is 5.69 Å². The normalized spacial score (nSPS) is 10.4. The fourth-order valence-corrected chi connectivity index (χ4v) is 2.43. The molecule has 0 aliphatic rings. The lowest BCUT2D eigenvalue weighted by atomic mass is 10.1. The predicted octanol–water partition coefficient (Wildman–Crippen LogP) is 4.56. The molecule has 0 radical (unpaired) electrons. The Bertz CT molecular complexity index is 626. The van der Waals surface area contributed by atoms with Crippen LogP contribution in [0.25, 0.3) is 0 Å². The summed E-state index contributed by atoms with van der Waals surface area (Å²) in [5, 5.41) is 2.97. The van der Waals surface area contributed by atoms with Crippen molar-refractivity contribution in [3.63, 3.8) is 0 Å².